The van der Waals surface area contributed by atoms with Crippen molar-refractivity contribution in [3.05, 3.63) is 29.2 Å². The van der Waals surface area contributed by atoms with Crippen molar-refractivity contribution < 1.29 is 28.7 Å². The van der Waals surface area contributed by atoms with Gasteiger partial charge in [0.15, 0.2) is 6.61 Å². The third-order valence-electron chi connectivity index (χ3n) is 4.80. The highest BCUT2D eigenvalue weighted by atomic mass is 32.1. The van der Waals surface area contributed by atoms with Crippen molar-refractivity contribution in [3.63, 3.8) is 0 Å². The van der Waals surface area contributed by atoms with E-state index in [0.29, 0.717) is 12.8 Å². The zero-order chi connectivity index (χ0) is 20.4. The quantitative estimate of drug-likeness (QED) is 0.406. The maximum Gasteiger partial charge on any atom is 0.329 e. The highest BCUT2D eigenvalue weighted by Crippen LogP contribution is 2.36. The molecule has 1 aromatic heterocycles. The molecule has 1 aliphatic heterocycles. The molecule has 0 unspecified atom stereocenters. The van der Waals surface area contributed by atoms with Gasteiger partial charge in [-0.05, 0) is 31.2 Å². The van der Waals surface area contributed by atoms with Crippen LogP contribution in [0.25, 0.3) is 0 Å². The predicted octanol–water partition coefficient (Wildman–Crippen LogP) is 0.668. The molecule has 3 rings (SSSR count). The van der Waals surface area contributed by atoms with Crippen LogP contribution >= 0.6 is 11.3 Å². The molecule has 3 atom stereocenters. The number of carbonyl (C=O) groups excluding carboxylic acids is 5. The Hall–Kier alpha value is -3.01. The Bertz CT molecular complexity index is 850. The average molecular weight is 405 g/mol. The Balaban J connectivity index is 1.56. The first-order chi connectivity index (χ1) is 13.3. The maximum atomic E-state index is 12.5. The summed E-state index contributed by atoms with van der Waals surface area (Å²) in [5.74, 6) is -3.88. The molecule has 4 amide bonds. The molecule has 3 N–H and O–H groups in total. The standard InChI is InChI=1S/C18H19N3O6S/c1-9(21-16(24)10-4-2-3-5-11(10)17(21)25)18(26)27-8-13(22)20-15-12(14(19)23)6-7-28-15/h2-3,6-7,9-11H,4-5,8H2,1H3,(H2,19,23)(H,20,22)/t9-,10-,11+/m0/s1. The highest BCUT2D eigenvalue weighted by molar-refractivity contribution is 7.14. The molecule has 1 fully saturated rings. The number of fused-ring (bicyclic) bond motifs is 1. The number of nitrogens with two attached hydrogens (primary N) is 1. The second kappa shape index (κ2) is 7.93. The Labute approximate surface area is 164 Å². The zero-order valence-electron chi connectivity index (χ0n) is 15.0. The van der Waals surface area contributed by atoms with Gasteiger partial charge in [0, 0.05) is 0 Å². The number of carbonyl (C=O) groups is 5. The second-order valence-corrected chi connectivity index (χ2v) is 7.48. The van der Waals surface area contributed by atoms with Gasteiger partial charge in [0.1, 0.15) is 11.0 Å². The van der Waals surface area contributed by atoms with Gasteiger partial charge in [0.25, 0.3) is 11.8 Å². The van der Waals surface area contributed by atoms with E-state index in [0.717, 1.165) is 16.2 Å². The van der Waals surface area contributed by atoms with E-state index in [2.05, 4.69) is 5.32 Å². The predicted molar refractivity (Wildman–Crippen MR) is 99.1 cm³/mol. The number of nitrogens with one attached hydrogen (secondary N) is 1. The van der Waals surface area contributed by atoms with E-state index in [1.54, 1.807) is 5.38 Å². The van der Waals surface area contributed by atoms with Crippen molar-refractivity contribution in [3.8, 4) is 0 Å². The molecule has 10 heteroatoms. The Morgan fingerprint density at radius 3 is 2.43 bits per heavy atom. The first kappa shape index (κ1) is 19.7. The fraction of sp³-hybridized carbons (Fsp3) is 0.389. The molecule has 0 spiro atoms. The summed E-state index contributed by atoms with van der Waals surface area (Å²) in [6.07, 6.45) is 4.65. The Kier molecular flexibility index (Phi) is 5.59. The molecule has 1 saturated heterocycles. The molecular formula is C18H19N3O6S. The van der Waals surface area contributed by atoms with Crippen molar-refractivity contribution in [2.24, 2.45) is 17.6 Å². The summed E-state index contributed by atoms with van der Waals surface area (Å²) in [7, 11) is 0. The summed E-state index contributed by atoms with van der Waals surface area (Å²) in [4.78, 5) is 61.4. The molecule has 148 valence electrons. The summed E-state index contributed by atoms with van der Waals surface area (Å²) >= 11 is 1.10. The summed E-state index contributed by atoms with van der Waals surface area (Å²) in [5, 5.41) is 4.28. The van der Waals surface area contributed by atoms with Crippen LogP contribution in [0.2, 0.25) is 0 Å². The number of anilines is 1. The lowest BCUT2D eigenvalue weighted by Gasteiger charge is -2.21. The summed E-state index contributed by atoms with van der Waals surface area (Å²) in [6, 6.07) is 0.344. The lowest BCUT2D eigenvalue weighted by molar-refractivity contribution is -0.159. The summed E-state index contributed by atoms with van der Waals surface area (Å²) < 4.78 is 4.95. The van der Waals surface area contributed by atoms with Crippen LogP contribution in [-0.4, -0.2) is 47.1 Å². The SMILES string of the molecule is C[C@@H](C(=O)OCC(=O)Nc1sccc1C(N)=O)N1C(=O)[C@H]2CC=CC[C@H]2C1=O. The normalized spacial score (nSPS) is 22.0. The Morgan fingerprint density at radius 2 is 1.86 bits per heavy atom. The largest absolute Gasteiger partial charge is 0.454 e. The first-order valence-corrected chi connectivity index (χ1v) is 9.55. The van der Waals surface area contributed by atoms with Crippen molar-refractivity contribution in [1.29, 1.82) is 0 Å². The maximum absolute atomic E-state index is 12.5. The number of hydrogen-bond acceptors (Lipinski definition) is 7. The Morgan fingerprint density at radius 1 is 1.25 bits per heavy atom. The molecule has 0 saturated carbocycles. The number of allylic oxidation sites excluding steroid dienone is 2. The number of ether oxygens (including phenoxy) is 1. The lowest BCUT2D eigenvalue weighted by Crippen LogP contribution is -2.45. The number of esters is 1. The zero-order valence-corrected chi connectivity index (χ0v) is 15.9. The van der Waals surface area contributed by atoms with Gasteiger partial charge < -0.3 is 15.8 Å². The smallest absolute Gasteiger partial charge is 0.329 e. The fourth-order valence-electron chi connectivity index (χ4n) is 3.33. The van der Waals surface area contributed by atoms with Crippen LogP contribution in [0.4, 0.5) is 5.00 Å². The molecule has 0 radical (unpaired) electrons. The summed E-state index contributed by atoms with van der Waals surface area (Å²) in [5.41, 5.74) is 5.35. The number of rotatable bonds is 6. The van der Waals surface area contributed by atoms with Crippen LogP contribution < -0.4 is 11.1 Å². The van der Waals surface area contributed by atoms with Gasteiger partial charge in [-0.3, -0.25) is 24.1 Å². The van der Waals surface area contributed by atoms with E-state index in [-0.39, 0.29) is 10.6 Å². The van der Waals surface area contributed by atoms with E-state index >= 15 is 0 Å². The van der Waals surface area contributed by atoms with E-state index in [1.165, 1.54) is 13.0 Å². The molecule has 1 aliphatic carbocycles. The van der Waals surface area contributed by atoms with Gasteiger partial charge in [-0.1, -0.05) is 12.2 Å². The third-order valence-corrected chi connectivity index (χ3v) is 5.63. The molecule has 1 aromatic rings. The van der Waals surface area contributed by atoms with Crippen molar-refractivity contribution in [2.75, 3.05) is 11.9 Å². The molecule has 28 heavy (non-hydrogen) atoms. The number of hydrogen-bond donors (Lipinski definition) is 2. The summed E-state index contributed by atoms with van der Waals surface area (Å²) in [6.45, 7) is 0.773. The molecule has 2 heterocycles. The van der Waals surface area contributed by atoms with Gasteiger partial charge in [-0.2, -0.15) is 0 Å². The van der Waals surface area contributed by atoms with Crippen LogP contribution in [0.5, 0.6) is 0 Å². The van der Waals surface area contributed by atoms with Crippen LogP contribution in [0.1, 0.15) is 30.1 Å². The van der Waals surface area contributed by atoms with Crippen molar-refractivity contribution in [2.45, 2.75) is 25.8 Å². The van der Waals surface area contributed by atoms with Crippen LogP contribution in [0.15, 0.2) is 23.6 Å². The minimum Gasteiger partial charge on any atom is -0.454 e. The van der Waals surface area contributed by atoms with Crippen molar-refractivity contribution >= 4 is 45.9 Å². The average Bonchev–Trinajstić information content (AvgIpc) is 3.23. The van der Waals surface area contributed by atoms with Gasteiger partial charge >= 0.3 is 5.97 Å². The van der Waals surface area contributed by atoms with Gasteiger partial charge in [-0.15, -0.1) is 11.3 Å². The fourth-order valence-corrected chi connectivity index (χ4v) is 4.14. The number of likely N-dealkylation sites (tertiary alicyclic amines) is 1. The molecular weight excluding hydrogens is 386 g/mol. The highest BCUT2D eigenvalue weighted by Gasteiger charge is 2.50. The molecule has 9 nitrogen and oxygen atoms in total. The topological polar surface area (TPSA) is 136 Å². The molecule has 2 aliphatic rings. The van der Waals surface area contributed by atoms with E-state index < -0.39 is 54.1 Å². The number of thiophene rings is 1. The van der Waals surface area contributed by atoms with Gasteiger partial charge in [-0.25, -0.2) is 4.79 Å². The monoisotopic (exact) mass is 405 g/mol. The minimum absolute atomic E-state index is 0.155. The number of primary amides is 1. The van der Waals surface area contributed by atoms with Crippen molar-refractivity contribution in [1.82, 2.24) is 4.90 Å². The van der Waals surface area contributed by atoms with Crippen LogP contribution in [0.3, 0.4) is 0 Å². The minimum atomic E-state index is -1.12. The van der Waals surface area contributed by atoms with E-state index in [1.807, 2.05) is 12.2 Å². The van der Waals surface area contributed by atoms with Crippen LogP contribution in [0, 0.1) is 11.8 Å². The van der Waals surface area contributed by atoms with E-state index in [4.69, 9.17) is 10.5 Å². The number of amides is 4. The molecule has 0 aromatic carbocycles. The number of nitrogens with zero attached hydrogens (tertiary/aromatic N) is 1. The second-order valence-electron chi connectivity index (χ2n) is 6.56. The molecule has 0 bridgehead atoms. The first-order valence-electron chi connectivity index (χ1n) is 8.67. The van der Waals surface area contributed by atoms with E-state index in [9.17, 15) is 24.0 Å². The van der Waals surface area contributed by atoms with Gasteiger partial charge in [0.05, 0.1) is 17.4 Å². The van der Waals surface area contributed by atoms with Gasteiger partial charge in [0.2, 0.25) is 11.8 Å². The number of imide groups is 1. The third kappa shape index (κ3) is 3.68. The van der Waals surface area contributed by atoms with Crippen LogP contribution in [-0.2, 0) is 23.9 Å². The lowest BCUT2D eigenvalue weighted by atomic mass is 9.85.